The van der Waals surface area contributed by atoms with Crippen molar-refractivity contribution in [3.05, 3.63) is 61.6 Å². The number of nitrogens with one attached hydrogen (secondary N) is 2. The molecule has 0 aliphatic heterocycles. The van der Waals surface area contributed by atoms with Crippen molar-refractivity contribution in [1.29, 1.82) is 0 Å². The molecule has 0 radical (unpaired) electrons. The van der Waals surface area contributed by atoms with E-state index in [-0.39, 0.29) is 5.91 Å². The van der Waals surface area contributed by atoms with E-state index in [1.807, 2.05) is 42.5 Å². The van der Waals surface area contributed by atoms with Crippen molar-refractivity contribution >= 4 is 50.1 Å². The molecule has 3 nitrogen and oxygen atoms in total. The minimum absolute atomic E-state index is 0.0960. The normalized spacial score (nSPS) is 10.4. The Kier molecular flexibility index (Phi) is 6.20. The van der Waals surface area contributed by atoms with Crippen LogP contribution in [0.5, 0.6) is 0 Å². The van der Waals surface area contributed by atoms with Crippen molar-refractivity contribution in [1.82, 2.24) is 5.32 Å². The van der Waals surface area contributed by atoms with Crippen molar-refractivity contribution in [2.24, 2.45) is 0 Å². The summed E-state index contributed by atoms with van der Waals surface area (Å²) in [7, 11) is 0. The van der Waals surface area contributed by atoms with Gasteiger partial charge in [-0.15, -0.1) is 0 Å². The minimum atomic E-state index is -0.0960. The van der Waals surface area contributed by atoms with Crippen LogP contribution >= 0.6 is 38.5 Å². The Balaban J connectivity index is 2.14. The summed E-state index contributed by atoms with van der Waals surface area (Å²) in [4.78, 5) is 12.4. The summed E-state index contributed by atoms with van der Waals surface area (Å²) < 4.78 is 1.83. The Morgan fingerprint density at radius 3 is 2.81 bits per heavy atom. The van der Waals surface area contributed by atoms with Crippen LogP contribution in [0.25, 0.3) is 0 Å². The smallest absolute Gasteiger partial charge is 0.256 e. The molecule has 21 heavy (non-hydrogen) atoms. The summed E-state index contributed by atoms with van der Waals surface area (Å²) in [5, 5.41) is 6.22. The highest BCUT2D eigenvalue weighted by Gasteiger charge is 2.11. The van der Waals surface area contributed by atoms with Gasteiger partial charge in [0.1, 0.15) is 0 Å². The summed E-state index contributed by atoms with van der Waals surface area (Å²) in [6.07, 6.45) is 0. The van der Waals surface area contributed by atoms with Gasteiger partial charge in [0.15, 0.2) is 0 Å². The summed E-state index contributed by atoms with van der Waals surface area (Å²) in [6, 6.07) is 13.6. The number of anilines is 1. The van der Waals surface area contributed by atoms with E-state index >= 15 is 0 Å². The standard InChI is InChI=1S/C16H16BrIN2O/c1-2-19-10-11-4-3-5-13(8-11)20-16(21)14-9-12(17)6-7-15(14)18/h3-9,19H,2,10H2,1H3,(H,20,21). The Morgan fingerprint density at radius 2 is 2.05 bits per heavy atom. The Bertz CT molecular complexity index is 646. The van der Waals surface area contributed by atoms with E-state index in [0.29, 0.717) is 5.56 Å². The fraction of sp³-hybridized carbons (Fsp3) is 0.188. The molecule has 2 aromatic rings. The number of carbonyl (C=O) groups is 1. The lowest BCUT2D eigenvalue weighted by molar-refractivity contribution is 0.102. The molecule has 110 valence electrons. The maximum absolute atomic E-state index is 12.4. The molecule has 0 spiro atoms. The number of halogens is 2. The molecule has 0 aliphatic rings. The quantitative estimate of drug-likeness (QED) is 0.651. The highest BCUT2D eigenvalue weighted by Crippen LogP contribution is 2.20. The minimum Gasteiger partial charge on any atom is -0.322 e. The predicted molar refractivity (Wildman–Crippen MR) is 98.6 cm³/mol. The van der Waals surface area contributed by atoms with E-state index in [4.69, 9.17) is 0 Å². The second-order valence-electron chi connectivity index (χ2n) is 4.56. The maximum atomic E-state index is 12.4. The monoisotopic (exact) mass is 458 g/mol. The third-order valence-electron chi connectivity index (χ3n) is 2.94. The molecule has 2 aromatic carbocycles. The number of hydrogen-bond acceptors (Lipinski definition) is 2. The third kappa shape index (κ3) is 4.79. The van der Waals surface area contributed by atoms with Crippen LogP contribution in [0.2, 0.25) is 0 Å². The molecule has 0 fully saturated rings. The molecule has 0 heterocycles. The lowest BCUT2D eigenvalue weighted by Crippen LogP contribution is -2.15. The topological polar surface area (TPSA) is 41.1 Å². The molecule has 0 bridgehead atoms. The van der Waals surface area contributed by atoms with E-state index in [2.05, 4.69) is 56.1 Å². The summed E-state index contributed by atoms with van der Waals surface area (Å²) in [6.45, 7) is 3.79. The zero-order valence-electron chi connectivity index (χ0n) is 11.6. The van der Waals surface area contributed by atoms with Gasteiger partial charge in [0.2, 0.25) is 0 Å². The molecule has 0 unspecified atom stereocenters. The summed E-state index contributed by atoms with van der Waals surface area (Å²) in [5.41, 5.74) is 2.63. The second kappa shape index (κ2) is 7.91. The molecule has 0 aliphatic carbocycles. The van der Waals surface area contributed by atoms with Crippen molar-refractivity contribution in [2.45, 2.75) is 13.5 Å². The summed E-state index contributed by atoms with van der Waals surface area (Å²) >= 11 is 5.57. The predicted octanol–water partition coefficient (Wildman–Crippen LogP) is 4.42. The van der Waals surface area contributed by atoms with Gasteiger partial charge in [-0.1, -0.05) is 35.0 Å². The Hall–Kier alpha value is -0.920. The van der Waals surface area contributed by atoms with Gasteiger partial charge >= 0.3 is 0 Å². The molecule has 5 heteroatoms. The van der Waals surface area contributed by atoms with Gasteiger partial charge in [0.25, 0.3) is 5.91 Å². The average Bonchev–Trinajstić information content (AvgIpc) is 2.48. The lowest BCUT2D eigenvalue weighted by Gasteiger charge is -2.09. The van der Waals surface area contributed by atoms with Crippen molar-refractivity contribution in [3.63, 3.8) is 0 Å². The van der Waals surface area contributed by atoms with Gasteiger partial charge in [0, 0.05) is 20.3 Å². The molecule has 1 amide bonds. The SMILES string of the molecule is CCNCc1cccc(NC(=O)c2cc(Br)ccc2I)c1. The maximum Gasteiger partial charge on any atom is 0.256 e. The highest BCUT2D eigenvalue weighted by molar-refractivity contribution is 14.1. The first-order chi connectivity index (χ1) is 10.1. The van der Waals surface area contributed by atoms with Crippen LogP contribution in [0.1, 0.15) is 22.8 Å². The van der Waals surface area contributed by atoms with E-state index in [9.17, 15) is 4.79 Å². The molecule has 2 N–H and O–H groups in total. The molecule has 0 atom stereocenters. The molecule has 0 saturated carbocycles. The second-order valence-corrected chi connectivity index (χ2v) is 6.64. The van der Waals surface area contributed by atoms with E-state index < -0.39 is 0 Å². The molecule has 0 aromatic heterocycles. The number of amides is 1. The Labute approximate surface area is 146 Å². The molecule has 0 saturated heterocycles. The average molecular weight is 459 g/mol. The molecular weight excluding hydrogens is 443 g/mol. The Morgan fingerprint density at radius 1 is 1.24 bits per heavy atom. The van der Waals surface area contributed by atoms with Crippen LogP contribution < -0.4 is 10.6 Å². The fourth-order valence-corrected chi connectivity index (χ4v) is 2.84. The zero-order valence-corrected chi connectivity index (χ0v) is 15.4. The van der Waals surface area contributed by atoms with Crippen LogP contribution in [0.3, 0.4) is 0 Å². The van der Waals surface area contributed by atoms with E-state index in [1.165, 1.54) is 0 Å². The first kappa shape index (κ1) is 16.5. The zero-order chi connectivity index (χ0) is 15.2. The van der Waals surface area contributed by atoms with Crippen LogP contribution in [-0.2, 0) is 6.54 Å². The number of hydrogen-bond donors (Lipinski definition) is 2. The first-order valence-electron chi connectivity index (χ1n) is 6.66. The van der Waals surface area contributed by atoms with Crippen LogP contribution in [0.15, 0.2) is 46.9 Å². The van der Waals surface area contributed by atoms with E-state index in [0.717, 1.165) is 32.4 Å². The molecule has 2 rings (SSSR count). The molecular formula is C16H16BrIN2O. The van der Waals surface area contributed by atoms with Gasteiger partial charge in [-0.05, 0) is 65.0 Å². The largest absolute Gasteiger partial charge is 0.322 e. The van der Waals surface area contributed by atoms with Crippen molar-refractivity contribution in [2.75, 3.05) is 11.9 Å². The summed E-state index contributed by atoms with van der Waals surface area (Å²) in [5.74, 6) is -0.0960. The van der Waals surface area contributed by atoms with Crippen LogP contribution in [0, 0.1) is 3.57 Å². The van der Waals surface area contributed by atoms with Crippen LogP contribution in [-0.4, -0.2) is 12.5 Å². The van der Waals surface area contributed by atoms with E-state index in [1.54, 1.807) is 0 Å². The van der Waals surface area contributed by atoms with Gasteiger partial charge in [-0.25, -0.2) is 0 Å². The van der Waals surface area contributed by atoms with Crippen LogP contribution in [0.4, 0.5) is 5.69 Å². The number of rotatable bonds is 5. The first-order valence-corrected chi connectivity index (χ1v) is 8.53. The number of benzene rings is 2. The number of carbonyl (C=O) groups excluding carboxylic acids is 1. The van der Waals surface area contributed by atoms with Gasteiger partial charge in [0.05, 0.1) is 5.56 Å². The highest BCUT2D eigenvalue weighted by atomic mass is 127. The van der Waals surface area contributed by atoms with Gasteiger partial charge in [-0.3, -0.25) is 4.79 Å². The third-order valence-corrected chi connectivity index (χ3v) is 4.37. The lowest BCUT2D eigenvalue weighted by atomic mass is 10.1. The van der Waals surface area contributed by atoms with Gasteiger partial charge in [-0.2, -0.15) is 0 Å². The fourth-order valence-electron chi connectivity index (χ4n) is 1.90. The van der Waals surface area contributed by atoms with Gasteiger partial charge < -0.3 is 10.6 Å². The van der Waals surface area contributed by atoms with Crippen molar-refractivity contribution < 1.29 is 4.79 Å². The van der Waals surface area contributed by atoms with Crippen molar-refractivity contribution in [3.8, 4) is 0 Å².